The van der Waals surface area contributed by atoms with Crippen LogP contribution in [0.5, 0.6) is 0 Å². The Balaban J connectivity index is 2.54. The second-order valence-corrected chi connectivity index (χ2v) is 5.36. The van der Waals surface area contributed by atoms with Gasteiger partial charge in [0.15, 0.2) is 0 Å². The van der Waals surface area contributed by atoms with Gasteiger partial charge < -0.3 is 5.32 Å². The van der Waals surface area contributed by atoms with E-state index in [2.05, 4.69) is 39.9 Å². The van der Waals surface area contributed by atoms with Gasteiger partial charge in [-0.15, -0.1) is 0 Å². The second-order valence-electron chi connectivity index (χ2n) is 5.36. The van der Waals surface area contributed by atoms with Crippen LogP contribution in [-0.4, -0.2) is 11.6 Å². The highest BCUT2D eigenvalue weighted by Gasteiger charge is 2.44. The van der Waals surface area contributed by atoms with Gasteiger partial charge >= 0.3 is 0 Å². The van der Waals surface area contributed by atoms with E-state index in [0.717, 1.165) is 0 Å². The molecule has 0 radical (unpaired) electrons. The quantitative estimate of drug-likeness (QED) is 0.684. The largest absolute Gasteiger partial charge is 0.308 e. The fourth-order valence-electron chi connectivity index (χ4n) is 2.32. The van der Waals surface area contributed by atoms with Gasteiger partial charge in [0, 0.05) is 11.6 Å². The minimum atomic E-state index is 0.394. The molecule has 1 saturated carbocycles. The molecule has 1 atom stereocenters. The van der Waals surface area contributed by atoms with Crippen molar-refractivity contribution in [2.45, 2.75) is 78.3 Å². The standard InChI is InChI=1S/C13H27N/c1-6-13(7-2,8-3)14-11(4)12(5)9-10-12/h11,14H,6-10H2,1-5H3. The van der Waals surface area contributed by atoms with Gasteiger partial charge in [-0.1, -0.05) is 27.7 Å². The SMILES string of the molecule is CCC(CC)(CC)NC(C)C1(C)CC1. The molecule has 0 spiro atoms. The van der Waals surface area contributed by atoms with Gasteiger partial charge in [-0.05, 0) is 44.4 Å². The first-order valence-electron chi connectivity index (χ1n) is 6.29. The molecular formula is C13H27N. The highest BCUT2D eigenvalue weighted by molar-refractivity contribution is 5.00. The molecule has 1 fully saturated rings. The summed E-state index contributed by atoms with van der Waals surface area (Å²) >= 11 is 0. The molecule has 14 heavy (non-hydrogen) atoms. The molecule has 1 aliphatic carbocycles. The zero-order valence-electron chi connectivity index (χ0n) is 10.6. The minimum absolute atomic E-state index is 0.394. The number of hydrogen-bond donors (Lipinski definition) is 1. The zero-order chi connectivity index (χ0) is 10.8. The normalized spacial score (nSPS) is 22.1. The smallest absolute Gasteiger partial charge is 0.0176 e. The summed E-state index contributed by atoms with van der Waals surface area (Å²) in [5.74, 6) is 0. The van der Waals surface area contributed by atoms with E-state index in [4.69, 9.17) is 0 Å². The van der Waals surface area contributed by atoms with E-state index >= 15 is 0 Å². The minimum Gasteiger partial charge on any atom is -0.308 e. The van der Waals surface area contributed by atoms with E-state index in [1.807, 2.05) is 0 Å². The highest BCUT2D eigenvalue weighted by Crippen LogP contribution is 2.48. The maximum Gasteiger partial charge on any atom is 0.0176 e. The van der Waals surface area contributed by atoms with Gasteiger partial charge in [0.2, 0.25) is 0 Å². The molecule has 0 bridgehead atoms. The Labute approximate surface area is 89.7 Å². The zero-order valence-corrected chi connectivity index (χ0v) is 10.6. The van der Waals surface area contributed by atoms with E-state index in [1.54, 1.807) is 0 Å². The highest BCUT2D eigenvalue weighted by atomic mass is 15.0. The van der Waals surface area contributed by atoms with E-state index in [-0.39, 0.29) is 0 Å². The summed E-state index contributed by atoms with van der Waals surface area (Å²) in [4.78, 5) is 0. The molecule has 0 amide bonds. The molecule has 1 unspecified atom stereocenters. The molecule has 1 rings (SSSR count). The molecule has 0 heterocycles. The summed E-state index contributed by atoms with van der Waals surface area (Å²) in [6, 6.07) is 0.683. The Kier molecular flexibility index (Phi) is 3.63. The van der Waals surface area contributed by atoms with Gasteiger partial charge in [-0.2, -0.15) is 0 Å². The fourth-order valence-corrected chi connectivity index (χ4v) is 2.32. The molecule has 1 heteroatoms. The number of nitrogens with one attached hydrogen (secondary N) is 1. The molecule has 0 aromatic carbocycles. The van der Waals surface area contributed by atoms with Crippen LogP contribution in [0.2, 0.25) is 0 Å². The van der Waals surface area contributed by atoms with Crippen molar-refractivity contribution in [3.8, 4) is 0 Å². The number of rotatable bonds is 6. The van der Waals surface area contributed by atoms with Gasteiger partial charge in [-0.25, -0.2) is 0 Å². The summed E-state index contributed by atoms with van der Waals surface area (Å²) in [6.45, 7) is 11.7. The van der Waals surface area contributed by atoms with Crippen molar-refractivity contribution in [2.24, 2.45) is 5.41 Å². The van der Waals surface area contributed by atoms with Crippen molar-refractivity contribution >= 4 is 0 Å². The molecule has 1 N–H and O–H groups in total. The number of hydrogen-bond acceptors (Lipinski definition) is 1. The first-order valence-corrected chi connectivity index (χ1v) is 6.29. The summed E-state index contributed by atoms with van der Waals surface area (Å²) in [6.07, 6.45) is 6.57. The van der Waals surface area contributed by atoms with Crippen LogP contribution in [0.4, 0.5) is 0 Å². The molecule has 0 aromatic rings. The van der Waals surface area contributed by atoms with Crippen LogP contribution in [0.15, 0.2) is 0 Å². The fraction of sp³-hybridized carbons (Fsp3) is 1.00. The Hall–Kier alpha value is -0.0400. The van der Waals surface area contributed by atoms with Crippen LogP contribution in [-0.2, 0) is 0 Å². The topological polar surface area (TPSA) is 12.0 Å². The lowest BCUT2D eigenvalue weighted by molar-refractivity contribution is 0.221. The van der Waals surface area contributed by atoms with Crippen LogP contribution >= 0.6 is 0 Å². The Morgan fingerprint density at radius 2 is 1.57 bits per heavy atom. The predicted molar refractivity (Wildman–Crippen MR) is 63.5 cm³/mol. The average molecular weight is 197 g/mol. The van der Waals surface area contributed by atoms with Crippen LogP contribution in [0.1, 0.15) is 66.7 Å². The lowest BCUT2D eigenvalue weighted by Crippen LogP contribution is -2.50. The average Bonchev–Trinajstić information content (AvgIpc) is 2.94. The first kappa shape index (κ1) is 12.0. The molecule has 0 saturated heterocycles. The van der Waals surface area contributed by atoms with Gasteiger partial charge in [-0.3, -0.25) is 0 Å². The van der Waals surface area contributed by atoms with Crippen LogP contribution in [0.25, 0.3) is 0 Å². The lowest BCUT2D eigenvalue weighted by atomic mass is 9.87. The molecule has 0 aromatic heterocycles. The van der Waals surface area contributed by atoms with Crippen molar-refractivity contribution in [1.29, 1.82) is 0 Å². The van der Waals surface area contributed by atoms with Crippen LogP contribution in [0, 0.1) is 5.41 Å². The predicted octanol–water partition coefficient (Wildman–Crippen LogP) is 3.73. The maximum atomic E-state index is 3.88. The van der Waals surface area contributed by atoms with Crippen molar-refractivity contribution in [1.82, 2.24) is 5.32 Å². The van der Waals surface area contributed by atoms with Crippen molar-refractivity contribution in [2.75, 3.05) is 0 Å². The third kappa shape index (κ3) is 2.31. The van der Waals surface area contributed by atoms with E-state index < -0.39 is 0 Å². The first-order chi connectivity index (χ1) is 6.52. The Morgan fingerprint density at radius 1 is 1.14 bits per heavy atom. The van der Waals surface area contributed by atoms with Crippen LogP contribution in [0.3, 0.4) is 0 Å². The maximum absolute atomic E-state index is 3.88. The summed E-state index contributed by atoms with van der Waals surface area (Å²) in [5.41, 5.74) is 0.996. The third-order valence-corrected chi connectivity index (χ3v) is 4.64. The van der Waals surface area contributed by atoms with Gasteiger partial charge in [0.05, 0.1) is 0 Å². The second kappa shape index (κ2) is 4.22. The van der Waals surface area contributed by atoms with Crippen molar-refractivity contribution in [3.63, 3.8) is 0 Å². The summed E-state index contributed by atoms with van der Waals surface area (Å²) in [7, 11) is 0. The Morgan fingerprint density at radius 3 is 1.86 bits per heavy atom. The third-order valence-electron chi connectivity index (χ3n) is 4.64. The van der Waals surface area contributed by atoms with Crippen molar-refractivity contribution in [3.05, 3.63) is 0 Å². The molecular weight excluding hydrogens is 170 g/mol. The molecule has 1 aliphatic rings. The summed E-state index contributed by atoms with van der Waals surface area (Å²) < 4.78 is 0. The van der Waals surface area contributed by atoms with E-state index in [9.17, 15) is 0 Å². The van der Waals surface area contributed by atoms with E-state index in [0.29, 0.717) is 17.0 Å². The lowest BCUT2D eigenvalue weighted by Gasteiger charge is -2.37. The molecule has 84 valence electrons. The van der Waals surface area contributed by atoms with Crippen molar-refractivity contribution < 1.29 is 0 Å². The van der Waals surface area contributed by atoms with Crippen LogP contribution < -0.4 is 5.32 Å². The summed E-state index contributed by atoms with van der Waals surface area (Å²) in [5, 5.41) is 3.88. The monoisotopic (exact) mass is 197 g/mol. The van der Waals surface area contributed by atoms with E-state index in [1.165, 1.54) is 32.1 Å². The van der Waals surface area contributed by atoms with Gasteiger partial charge in [0.1, 0.15) is 0 Å². The molecule has 1 nitrogen and oxygen atoms in total. The Bertz CT molecular complexity index is 169. The molecule has 0 aliphatic heterocycles. The van der Waals surface area contributed by atoms with Gasteiger partial charge in [0.25, 0.3) is 0 Å².